The van der Waals surface area contributed by atoms with Gasteiger partial charge in [0.15, 0.2) is 5.16 Å². The van der Waals surface area contributed by atoms with Gasteiger partial charge in [0, 0.05) is 29.7 Å². The maximum absolute atomic E-state index is 12.1. The number of carbonyl (C=O) groups excluding carboxylic acids is 2. The summed E-state index contributed by atoms with van der Waals surface area (Å²) in [5.41, 5.74) is 2.42. The summed E-state index contributed by atoms with van der Waals surface area (Å²) < 4.78 is 4.74. The van der Waals surface area contributed by atoms with Crippen LogP contribution in [0.3, 0.4) is 0 Å². The number of rotatable bonds is 7. The number of amides is 1. The monoisotopic (exact) mass is 349 g/mol. The van der Waals surface area contributed by atoms with E-state index >= 15 is 0 Å². The Hall–Kier alpha value is -2.42. The summed E-state index contributed by atoms with van der Waals surface area (Å²) in [6.07, 6.45) is 3.39. The van der Waals surface area contributed by atoms with Gasteiger partial charge < -0.3 is 15.0 Å². The summed E-state index contributed by atoms with van der Waals surface area (Å²) >= 11 is 1.22. The van der Waals surface area contributed by atoms with E-state index in [9.17, 15) is 9.59 Å². The van der Waals surface area contributed by atoms with E-state index in [4.69, 9.17) is 4.74 Å². The van der Waals surface area contributed by atoms with Gasteiger partial charge in [0.1, 0.15) is 6.04 Å². The zero-order valence-electron chi connectivity index (χ0n) is 13.7. The highest BCUT2D eigenvalue weighted by atomic mass is 32.2. The topological polar surface area (TPSA) is 110 Å². The van der Waals surface area contributed by atoms with Gasteiger partial charge in [0.25, 0.3) is 0 Å². The number of hydrogen-bond donors (Lipinski definition) is 2. The van der Waals surface area contributed by atoms with Crippen LogP contribution in [0.5, 0.6) is 0 Å². The Morgan fingerprint density at radius 1 is 1.33 bits per heavy atom. The van der Waals surface area contributed by atoms with Crippen molar-refractivity contribution in [2.24, 2.45) is 0 Å². The van der Waals surface area contributed by atoms with Crippen molar-refractivity contribution in [1.82, 2.24) is 25.3 Å². The lowest BCUT2D eigenvalue weighted by Crippen LogP contribution is -2.43. The summed E-state index contributed by atoms with van der Waals surface area (Å²) in [7, 11) is 1.28. The Bertz CT molecular complexity index is 685. The van der Waals surface area contributed by atoms with Gasteiger partial charge >= 0.3 is 5.97 Å². The third kappa shape index (κ3) is 5.34. The summed E-state index contributed by atoms with van der Waals surface area (Å²) in [4.78, 5) is 39.3. The average Bonchev–Trinajstić information content (AvgIpc) is 3.03. The van der Waals surface area contributed by atoms with Crippen LogP contribution in [0.4, 0.5) is 0 Å². The highest BCUT2D eigenvalue weighted by molar-refractivity contribution is 7.99. The number of nitrogens with one attached hydrogen (secondary N) is 2. The number of aryl methyl sites for hydroxylation is 2. The average molecular weight is 349 g/mol. The van der Waals surface area contributed by atoms with E-state index in [1.54, 1.807) is 6.20 Å². The number of H-pyrrole nitrogens is 1. The summed E-state index contributed by atoms with van der Waals surface area (Å²) in [5, 5.41) is 3.20. The number of hydrogen-bond acceptors (Lipinski definition) is 7. The van der Waals surface area contributed by atoms with Crippen LogP contribution < -0.4 is 5.32 Å². The minimum absolute atomic E-state index is 0.110. The van der Waals surface area contributed by atoms with Gasteiger partial charge in [0.2, 0.25) is 5.91 Å². The Morgan fingerprint density at radius 2 is 2.04 bits per heavy atom. The molecule has 0 spiro atoms. The maximum atomic E-state index is 12.1. The molecule has 0 aliphatic heterocycles. The fourth-order valence-electron chi connectivity index (χ4n) is 2.08. The Labute approximate surface area is 143 Å². The van der Waals surface area contributed by atoms with Gasteiger partial charge in [-0.05, 0) is 19.9 Å². The zero-order chi connectivity index (χ0) is 17.5. The Kier molecular flexibility index (Phi) is 6.30. The highest BCUT2D eigenvalue weighted by Crippen LogP contribution is 2.13. The van der Waals surface area contributed by atoms with Gasteiger partial charge in [-0.3, -0.25) is 4.79 Å². The third-order valence-corrected chi connectivity index (χ3v) is 3.94. The lowest BCUT2D eigenvalue weighted by Gasteiger charge is -2.15. The normalized spacial score (nSPS) is 11.8. The van der Waals surface area contributed by atoms with E-state index in [-0.39, 0.29) is 18.1 Å². The van der Waals surface area contributed by atoms with Gasteiger partial charge in [-0.2, -0.15) is 0 Å². The lowest BCUT2D eigenvalue weighted by atomic mass is 10.1. The van der Waals surface area contributed by atoms with Crippen LogP contribution in [0.25, 0.3) is 0 Å². The second kappa shape index (κ2) is 8.44. The van der Waals surface area contributed by atoms with Crippen LogP contribution >= 0.6 is 11.8 Å². The van der Waals surface area contributed by atoms with Gasteiger partial charge in [-0.25, -0.2) is 19.7 Å². The molecule has 128 valence electrons. The van der Waals surface area contributed by atoms with Crippen molar-refractivity contribution < 1.29 is 14.3 Å². The summed E-state index contributed by atoms with van der Waals surface area (Å²) in [5.74, 6) is -0.692. The van der Waals surface area contributed by atoms with Crippen LogP contribution in [0, 0.1) is 13.8 Å². The highest BCUT2D eigenvalue weighted by Gasteiger charge is 2.22. The first-order valence-electron chi connectivity index (χ1n) is 7.27. The number of ether oxygens (including phenoxy) is 1. The molecule has 0 unspecified atom stereocenters. The summed E-state index contributed by atoms with van der Waals surface area (Å²) in [6, 6.07) is 1.09. The number of carbonyl (C=O) groups is 2. The van der Waals surface area contributed by atoms with Crippen LogP contribution in [-0.2, 0) is 20.7 Å². The maximum Gasteiger partial charge on any atom is 0.328 e. The van der Waals surface area contributed by atoms with Gasteiger partial charge in [-0.1, -0.05) is 11.8 Å². The Balaban J connectivity index is 1.93. The molecule has 0 aliphatic carbocycles. The number of esters is 1. The first kappa shape index (κ1) is 17.9. The Morgan fingerprint density at radius 3 is 2.62 bits per heavy atom. The van der Waals surface area contributed by atoms with E-state index in [2.05, 4.69) is 25.3 Å². The van der Waals surface area contributed by atoms with Crippen LogP contribution in [0.1, 0.15) is 17.1 Å². The SMILES string of the molecule is COC(=O)[C@H](Cc1cnc[nH]1)NC(=O)CSc1nc(C)cc(C)n1. The molecule has 0 saturated heterocycles. The van der Waals surface area contributed by atoms with Crippen LogP contribution in [0.15, 0.2) is 23.7 Å². The third-order valence-electron chi connectivity index (χ3n) is 3.09. The number of thioether (sulfide) groups is 1. The second-order valence-corrected chi connectivity index (χ2v) is 6.09. The van der Waals surface area contributed by atoms with Crippen molar-refractivity contribution >= 4 is 23.6 Å². The molecule has 0 aromatic carbocycles. The molecule has 0 saturated carbocycles. The molecule has 0 fully saturated rings. The van der Waals surface area contributed by atoms with Crippen molar-refractivity contribution in [2.45, 2.75) is 31.5 Å². The van der Waals surface area contributed by atoms with Crippen molar-refractivity contribution in [3.05, 3.63) is 35.7 Å². The first-order valence-corrected chi connectivity index (χ1v) is 8.26. The number of aromatic nitrogens is 4. The molecular formula is C15H19N5O3S. The van der Waals surface area contributed by atoms with Gasteiger partial charge in [0.05, 0.1) is 19.2 Å². The molecule has 2 aromatic heterocycles. The van der Waals surface area contributed by atoms with E-state index in [1.165, 1.54) is 25.2 Å². The molecule has 2 rings (SSSR count). The fourth-order valence-corrected chi connectivity index (χ4v) is 2.84. The van der Waals surface area contributed by atoms with Crippen molar-refractivity contribution in [3.63, 3.8) is 0 Å². The number of nitrogens with zero attached hydrogens (tertiary/aromatic N) is 3. The predicted octanol–water partition coefficient (Wildman–Crippen LogP) is 0.809. The molecule has 24 heavy (non-hydrogen) atoms. The molecule has 9 heteroatoms. The van der Waals surface area contributed by atoms with Crippen LogP contribution in [-0.4, -0.2) is 50.7 Å². The first-order chi connectivity index (χ1) is 11.5. The molecule has 0 radical (unpaired) electrons. The smallest absolute Gasteiger partial charge is 0.328 e. The molecule has 1 atom stereocenters. The van der Waals surface area contributed by atoms with E-state index < -0.39 is 12.0 Å². The molecule has 2 aromatic rings. The van der Waals surface area contributed by atoms with Gasteiger partial charge in [-0.15, -0.1) is 0 Å². The predicted molar refractivity (Wildman–Crippen MR) is 88.5 cm³/mol. The van der Waals surface area contributed by atoms with Crippen molar-refractivity contribution in [1.29, 1.82) is 0 Å². The minimum atomic E-state index is -0.774. The number of methoxy groups -OCH3 is 1. The molecular weight excluding hydrogens is 330 g/mol. The quantitative estimate of drug-likeness (QED) is 0.432. The standard InChI is InChI=1S/C15H19N5O3S/c1-9-4-10(2)19-15(18-9)24-7-13(21)20-12(14(22)23-3)5-11-6-16-8-17-11/h4,6,8,12H,5,7H2,1-3H3,(H,16,17)(H,20,21)/t12-/m0/s1. The summed E-state index contributed by atoms with van der Waals surface area (Å²) in [6.45, 7) is 3.74. The van der Waals surface area contributed by atoms with E-state index in [0.29, 0.717) is 5.16 Å². The molecule has 1 amide bonds. The number of imidazole rings is 1. The van der Waals surface area contributed by atoms with Crippen molar-refractivity contribution in [2.75, 3.05) is 12.9 Å². The minimum Gasteiger partial charge on any atom is -0.467 e. The molecule has 0 aliphatic rings. The lowest BCUT2D eigenvalue weighted by molar-refractivity contribution is -0.144. The largest absolute Gasteiger partial charge is 0.467 e. The fraction of sp³-hybridized carbons (Fsp3) is 0.400. The zero-order valence-corrected chi connectivity index (χ0v) is 14.5. The van der Waals surface area contributed by atoms with Crippen molar-refractivity contribution in [3.8, 4) is 0 Å². The van der Waals surface area contributed by atoms with E-state index in [1.807, 2.05) is 19.9 Å². The molecule has 8 nitrogen and oxygen atoms in total. The van der Waals surface area contributed by atoms with Crippen LogP contribution in [0.2, 0.25) is 0 Å². The van der Waals surface area contributed by atoms with E-state index in [0.717, 1.165) is 17.1 Å². The molecule has 2 heterocycles. The molecule has 2 N–H and O–H groups in total. The number of aromatic amines is 1. The second-order valence-electron chi connectivity index (χ2n) is 5.15. The molecule has 0 bridgehead atoms.